The standard InChI is InChI=1S/C17H27N3O4S/c1-3-20(12-9-17(21)19-13-10-18-11-14-19)25(22,23)16-7-5-15(6-8-16)24-4-2/h5-8,18H,3-4,9-14H2,1-2H3. The molecule has 1 aromatic carbocycles. The number of benzene rings is 1. The van der Waals surface area contributed by atoms with E-state index in [-0.39, 0.29) is 23.8 Å². The SMILES string of the molecule is CCOc1ccc(S(=O)(=O)N(CC)CCC(=O)N2CCNCC2)cc1. The molecule has 1 fully saturated rings. The first-order valence-corrected chi connectivity index (χ1v) is 10.1. The lowest BCUT2D eigenvalue weighted by molar-refractivity contribution is -0.131. The zero-order valence-corrected chi connectivity index (χ0v) is 15.7. The Morgan fingerprint density at radius 2 is 1.84 bits per heavy atom. The summed E-state index contributed by atoms with van der Waals surface area (Å²) in [5.74, 6) is 0.639. The van der Waals surface area contributed by atoms with Crippen molar-refractivity contribution in [1.29, 1.82) is 0 Å². The van der Waals surface area contributed by atoms with E-state index in [1.54, 1.807) is 36.1 Å². The number of nitrogens with zero attached hydrogens (tertiary/aromatic N) is 2. The topological polar surface area (TPSA) is 79.0 Å². The van der Waals surface area contributed by atoms with Crippen LogP contribution in [0.3, 0.4) is 0 Å². The average Bonchev–Trinajstić information content (AvgIpc) is 2.63. The number of rotatable bonds is 8. The van der Waals surface area contributed by atoms with Gasteiger partial charge in [-0.3, -0.25) is 4.79 Å². The van der Waals surface area contributed by atoms with Crippen LogP contribution < -0.4 is 10.1 Å². The highest BCUT2D eigenvalue weighted by Gasteiger charge is 2.25. The Morgan fingerprint density at radius 1 is 1.20 bits per heavy atom. The Labute approximate surface area is 150 Å². The summed E-state index contributed by atoms with van der Waals surface area (Å²) in [6.07, 6.45) is 0.199. The molecule has 7 nitrogen and oxygen atoms in total. The van der Waals surface area contributed by atoms with Gasteiger partial charge in [0.1, 0.15) is 5.75 Å². The smallest absolute Gasteiger partial charge is 0.243 e. The van der Waals surface area contributed by atoms with E-state index in [2.05, 4.69) is 5.32 Å². The van der Waals surface area contributed by atoms with Gasteiger partial charge in [0.15, 0.2) is 0 Å². The lowest BCUT2D eigenvalue weighted by Crippen LogP contribution is -2.47. The van der Waals surface area contributed by atoms with Gasteiger partial charge in [-0.25, -0.2) is 8.42 Å². The molecule has 1 saturated heterocycles. The maximum Gasteiger partial charge on any atom is 0.243 e. The largest absolute Gasteiger partial charge is 0.494 e. The second-order valence-corrected chi connectivity index (χ2v) is 7.72. The van der Waals surface area contributed by atoms with Crippen molar-refractivity contribution in [3.8, 4) is 5.75 Å². The highest BCUT2D eigenvalue weighted by molar-refractivity contribution is 7.89. The first-order chi connectivity index (χ1) is 12.0. The van der Waals surface area contributed by atoms with Crippen LogP contribution in [0.25, 0.3) is 0 Å². The minimum absolute atomic E-state index is 0.00171. The van der Waals surface area contributed by atoms with Crippen LogP contribution in [0.15, 0.2) is 29.2 Å². The molecule has 0 spiro atoms. The molecule has 0 aromatic heterocycles. The van der Waals surface area contributed by atoms with Crippen LogP contribution in [0, 0.1) is 0 Å². The molecule has 25 heavy (non-hydrogen) atoms. The van der Waals surface area contributed by atoms with E-state index in [1.165, 1.54) is 4.31 Å². The lowest BCUT2D eigenvalue weighted by Gasteiger charge is -2.28. The molecule has 2 rings (SSSR count). The Kier molecular flexibility index (Phi) is 7.22. The van der Waals surface area contributed by atoms with Crippen LogP contribution >= 0.6 is 0 Å². The summed E-state index contributed by atoms with van der Waals surface area (Å²) in [5, 5.41) is 3.19. The van der Waals surface area contributed by atoms with Gasteiger partial charge in [-0.05, 0) is 31.2 Å². The third-order valence-electron chi connectivity index (χ3n) is 4.17. The second kappa shape index (κ2) is 9.17. The maximum atomic E-state index is 12.8. The number of sulfonamides is 1. The van der Waals surface area contributed by atoms with Crippen LogP contribution in [0.4, 0.5) is 0 Å². The predicted molar refractivity (Wildman–Crippen MR) is 96.1 cm³/mol. The molecule has 0 aliphatic carbocycles. The van der Waals surface area contributed by atoms with Crippen molar-refractivity contribution in [1.82, 2.24) is 14.5 Å². The number of amides is 1. The Bertz CT molecular complexity index is 655. The van der Waals surface area contributed by atoms with Crippen molar-refractivity contribution in [2.75, 3.05) is 45.9 Å². The fourth-order valence-corrected chi connectivity index (χ4v) is 4.21. The third-order valence-corrected chi connectivity index (χ3v) is 6.16. The summed E-state index contributed by atoms with van der Waals surface area (Å²) in [5.41, 5.74) is 0. The molecule has 1 heterocycles. The molecular weight excluding hydrogens is 342 g/mol. The molecule has 1 aliphatic rings. The second-order valence-electron chi connectivity index (χ2n) is 5.78. The van der Waals surface area contributed by atoms with E-state index in [4.69, 9.17) is 4.74 Å². The zero-order valence-electron chi connectivity index (χ0n) is 14.9. The Morgan fingerprint density at radius 3 is 2.40 bits per heavy atom. The van der Waals surface area contributed by atoms with Gasteiger partial charge in [-0.1, -0.05) is 6.92 Å². The minimum atomic E-state index is -3.61. The number of piperazine rings is 1. The maximum absolute atomic E-state index is 12.8. The summed E-state index contributed by atoms with van der Waals surface area (Å²) in [6.45, 7) is 7.62. The molecular formula is C17H27N3O4S. The van der Waals surface area contributed by atoms with E-state index in [9.17, 15) is 13.2 Å². The van der Waals surface area contributed by atoms with Gasteiger partial charge in [-0.2, -0.15) is 4.31 Å². The van der Waals surface area contributed by atoms with E-state index in [0.29, 0.717) is 32.0 Å². The molecule has 1 aliphatic heterocycles. The number of carbonyl (C=O) groups excluding carboxylic acids is 1. The van der Waals surface area contributed by atoms with Gasteiger partial charge < -0.3 is 15.0 Å². The van der Waals surface area contributed by atoms with Gasteiger partial charge in [-0.15, -0.1) is 0 Å². The summed E-state index contributed by atoms with van der Waals surface area (Å²) in [6, 6.07) is 6.38. The highest BCUT2D eigenvalue weighted by Crippen LogP contribution is 2.20. The van der Waals surface area contributed by atoms with E-state index in [1.807, 2.05) is 6.92 Å². The van der Waals surface area contributed by atoms with Crippen LogP contribution in [0.5, 0.6) is 5.75 Å². The third kappa shape index (κ3) is 5.17. The van der Waals surface area contributed by atoms with Crippen molar-refractivity contribution in [2.24, 2.45) is 0 Å². The summed E-state index contributed by atoms with van der Waals surface area (Å²) >= 11 is 0. The normalized spacial score (nSPS) is 15.4. The van der Waals surface area contributed by atoms with Gasteiger partial charge >= 0.3 is 0 Å². The summed E-state index contributed by atoms with van der Waals surface area (Å²) in [4.78, 5) is 14.3. The minimum Gasteiger partial charge on any atom is -0.494 e. The molecule has 0 bridgehead atoms. The van der Waals surface area contributed by atoms with Crippen molar-refractivity contribution in [3.05, 3.63) is 24.3 Å². The summed E-state index contributed by atoms with van der Waals surface area (Å²) < 4.78 is 32.2. The van der Waals surface area contributed by atoms with Crippen molar-refractivity contribution in [2.45, 2.75) is 25.2 Å². The van der Waals surface area contributed by atoms with Crippen LogP contribution in [-0.2, 0) is 14.8 Å². The molecule has 0 atom stereocenters. The summed E-state index contributed by atoms with van der Waals surface area (Å²) in [7, 11) is -3.61. The first-order valence-electron chi connectivity index (χ1n) is 8.70. The van der Waals surface area contributed by atoms with Crippen molar-refractivity contribution in [3.63, 3.8) is 0 Å². The van der Waals surface area contributed by atoms with Gasteiger partial charge in [0, 0.05) is 45.7 Å². The number of hydrogen-bond donors (Lipinski definition) is 1. The van der Waals surface area contributed by atoms with Gasteiger partial charge in [0.2, 0.25) is 15.9 Å². The van der Waals surface area contributed by atoms with Crippen LogP contribution in [0.2, 0.25) is 0 Å². The van der Waals surface area contributed by atoms with Crippen LogP contribution in [0.1, 0.15) is 20.3 Å². The molecule has 0 radical (unpaired) electrons. The zero-order chi connectivity index (χ0) is 18.3. The van der Waals surface area contributed by atoms with Gasteiger partial charge in [0.05, 0.1) is 11.5 Å². The fourth-order valence-electron chi connectivity index (χ4n) is 2.76. The Balaban J connectivity index is 2.00. The predicted octanol–water partition coefficient (Wildman–Crippen LogP) is 0.918. The highest BCUT2D eigenvalue weighted by atomic mass is 32.2. The van der Waals surface area contributed by atoms with Crippen LogP contribution in [-0.4, -0.2) is 69.4 Å². The average molecular weight is 369 g/mol. The fraction of sp³-hybridized carbons (Fsp3) is 0.588. The Hall–Kier alpha value is -1.64. The quantitative estimate of drug-likeness (QED) is 0.737. The number of carbonyl (C=O) groups is 1. The monoisotopic (exact) mass is 369 g/mol. The molecule has 1 N–H and O–H groups in total. The molecule has 1 aromatic rings. The van der Waals surface area contributed by atoms with Crippen molar-refractivity contribution >= 4 is 15.9 Å². The number of hydrogen-bond acceptors (Lipinski definition) is 5. The van der Waals surface area contributed by atoms with E-state index in [0.717, 1.165) is 13.1 Å². The van der Waals surface area contributed by atoms with Crippen molar-refractivity contribution < 1.29 is 17.9 Å². The number of ether oxygens (including phenoxy) is 1. The molecule has 140 valence electrons. The van der Waals surface area contributed by atoms with E-state index < -0.39 is 10.0 Å². The molecule has 1 amide bonds. The molecule has 0 unspecified atom stereocenters. The molecule has 0 saturated carbocycles. The number of nitrogens with one attached hydrogen (secondary N) is 1. The first kappa shape index (κ1) is 19.7. The van der Waals surface area contributed by atoms with E-state index >= 15 is 0 Å². The molecule has 8 heteroatoms. The lowest BCUT2D eigenvalue weighted by atomic mass is 10.3. The van der Waals surface area contributed by atoms with Gasteiger partial charge in [0.25, 0.3) is 0 Å².